The van der Waals surface area contributed by atoms with Gasteiger partial charge >= 0.3 is 0 Å². The lowest BCUT2D eigenvalue weighted by Gasteiger charge is -2.35. The molecule has 1 heterocycles. The Hall–Kier alpha value is -6.03. The van der Waals surface area contributed by atoms with Gasteiger partial charge < -0.3 is 5.32 Å². The van der Waals surface area contributed by atoms with Crippen LogP contribution >= 0.6 is 0 Å². The molecule has 49 heavy (non-hydrogen) atoms. The highest BCUT2D eigenvalue weighted by molar-refractivity contribution is 5.99. The number of nitrogens with zero attached hydrogens (tertiary/aromatic N) is 1. The largest absolute Gasteiger partial charge is 0.350 e. The van der Waals surface area contributed by atoms with Gasteiger partial charge in [0.2, 0.25) is 0 Å². The van der Waals surface area contributed by atoms with E-state index >= 15 is 0 Å². The third-order valence-electron chi connectivity index (χ3n) is 10.0. The molecule has 0 fully saturated rings. The van der Waals surface area contributed by atoms with Gasteiger partial charge in [-0.25, -0.2) is 4.99 Å². The monoisotopic (exact) mass is 629 g/mol. The van der Waals surface area contributed by atoms with Crippen LogP contribution in [0.25, 0.3) is 22.3 Å². The summed E-state index contributed by atoms with van der Waals surface area (Å²) in [4.78, 5) is 5.26. The van der Waals surface area contributed by atoms with E-state index in [1.165, 1.54) is 50.1 Å². The highest BCUT2D eigenvalue weighted by Crippen LogP contribution is 2.58. The number of aliphatic imine (C=N–C) groups is 1. The van der Waals surface area contributed by atoms with Crippen LogP contribution in [0.5, 0.6) is 0 Å². The van der Waals surface area contributed by atoms with Crippen molar-refractivity contribution < 1.29 is 0 Å². The van der Waals surface area contributed by atoms with Crippen LogP contribution in [-0.4, -0.2) is 5.84 Å². The van der Waals surface area contributed by atoms with Crippen molar-refractivity contribution in [1.82, 2.24) is 10.6 Å². The van der Waals surface area contributed by atoms with Crippen molar-refractivity contribution in [1.29, 1.82) is 0 Å². The van der Waals surface area contributed by atoms with Crippen molar-refractivity contribution in [3.05, 3.63) is 227 Å². The maximum Gasteiger partial charge on any atom is 0.131 e. The smallest absolute Gasteiger partial charge is 0.131 e. The molecule has 3 nitrogen and oxygen atoms in total. The topological polar surface area (TPSA) is 36.4 Å². The van der Waals surface area contributed by atoms with E-state index in [1.54, 1.807) is 0 Å². The predicted molar refractivity (Wildman–Crippen MR) is 200 cm³/mol. The zero-order valence-corrected chi connectivity index (χ0v) is 27.0. The van der Waals surface area contributed by atoms with Gasteiger partial charge in [0.15, 0.2) is 0 Å². The van der Waals surface area contributed by atoms with E-state index in [0.717, 1.165) is 17.0 Å². The quantitative estimate of drug-likeness (QED) is 0.192. The SMILES string of the molecule is c1ccc(C2=NC(c3cccc(-c4cccc5c4C(c4ccccc4)(c4ccccc4)c4ccccc4-5)c3)NC(c3ccccc3)N2)cc1. The van der Waals surface area contributed by atoms with E-state index in [9.17, 15) is 0 Å². The Kier molecular flexibility index (Phi) is 7.26. The second-order valence-electron chi connectivity index (χ2n) is 12.8. The summed E-state index contributed by atoms with van der Waals surface area (Å²) < 4.78 is 0. The van der Waals surface area contributed by atoms with Crippen molar-refractivity contribution in [2.75, 3.05) is 0 Å². The Morgan fingerprint density at radius 3 is 1.69 bits per heavy atom. The van der Waals surface area contributed by atoms with E-state index < -0.39 is 5.41 Å². The summed E-state index contributed by atoms with van der Waals surface area (Å²) in [6.07, 6.45) is -0.342. The standard InChI is InChI=1S/C46H35N3/c1-5-17-32(18-6-1)43-47-44(33-19-7-2-8-20-33)49-45(48-43)35-22-15-21-34(31-35)38-28-16-29-40-39-27-13-14-30-41(39)46(42(38)40,36-23-9-3-10-24-36)37-25-11-4-12-26-37/h1-31,43,45,48H,(H,47,49). The van der Waals surface area contributed by atoms with Gasteiger partial charge in [0.1, 0.15) is 18.2 Å². The Balaban J connectivity index is 1.23. The molecular weight excluding hydrogens is 595 g/mol. The molecule has 7 aromatic rings. The van der Waals surface area contributed by atoms with E-state index in [-0.39, 0.29) is 12.3 Å². The lowest BCUT2D eigenvalue weighted by Crippen LogP contribution is -2.44. The van der Waals surface area contributed by atoms with E-state index in [1.807, 2.05) is 6.07 Å². The van der Waals surface area contributed by atoms with Crippen LogP contribution in [0.4, 0.5) is 0 Å². The molecule has 2 N–H and O–H groups in total. The first kappa shape index (κ1) is 29.1. The minimum absolute atomic E-state index is 0.0955. The Morgan fingerprint density at radius 2 is 0.980 bits per heavy atom. The molecule has 1 aliphatic carbocycles. The molecule has 0 saturated carbocycles. The maximum absolute atomic E-state index is 5.26. The summed E-state index contributed by atoms with van der Waals surface area (Å²) in [7, 11) is 0. The average Bonchev–Trinajstić information content (AvgIpc) is 3.50. The van der Waals surface area contributed by atoms with Crippen molar-refractivity contribution in [3.8, 4) is 22.3 Å². The van der Waals surface area contributed by atoms with Gasteiger partial charge in [0.25, 0.3) is 0 Å². The predicted octanol–water partition coefficient (Wildman–Crippen LogP) is 10.1. The molecule has 0 saturated heterocycles. The fraction of sp³-hybridized carbons (Fsp3) is 0.0652. The third-order valence-corrected chi connectivity index (χ3v) is 10.0. The second kappa shape index (κ2) is 12.2. The minimum Gasteiger partial charge on any atom is -0.350 e. The fourth-order valence-corrected chi connectivity index (χ4v) is 7.91. The normalized spacial score (nSPS) is 17.3. The number of fused-ring (bicyclic) bond motifs is 3. The molecule has 0 amide bonds. The van der Waals surface area contributed by atoms with Crippen molar-refractivity contribution in [2.45, 2.75) is 17.7 Å². The molecule has 0 bridgehead atoms. The Labute approximate surface area is 287 Å². The van der Waals surface area contributed by atoms with Crippen LogP contribution in [0.1, 0.15) is 51.3 Å². The molecule has 2 atom stereocenters. The van der Waals surface area contributed by atoms with Gasteiger partial charge in [0.05, 0.1) is 5.41 Å². The number of rotatable bonds is 6. The van der Waals surface area contributed by atoms with Crippen molar-refractivity contribution >= 4 is 5.84 Å². The van der Waals surface area contributed by atoms with Gasteiger partial charge in [-0.1, -0.05) is 182 Å². The third kappa shape index (κ3) is 4.90. The Bertz CT molecular complexity index is 2240. The highest BCUT2D eigenvalue weighted by atomic mass is 15.3. The Morgan fingerprint density at radius 1 is 0.449 bits per heavy atom. The summed E-state index contributed by atoms with van der Waals surface area (Å²) in [6, 6.07) is 67.7. The maximum atomic E-state index is 5.26. The number of benzene rings is 7. The van der Waals surface area contributed by atoms with Crippen LogP contribution in [0.15, 0.2) is 193 Å². The van der Waals surface area contributed by atoms with Crippen molar-refractivity contribution in [2.24, 2.45) is 4.99 Å². The van der Waals surface area contributed by atoms with Crippen LogP contribution in [0.3, 0.4) is 0 Å². The summed E-state index contributed by atoms with van der Waals surface area (Å²) in [5.41, 5.74) is 13.0. The summed E-state index contributed by atoms with van der Waals surface area (Å²) >= 11 is 0. The van der Waals surface area contributed by atoms with Gasteiger partial charge in [-0.2, -0.15) is 0 Å². The number of amidine groups is 1. The number of hydrogen-bond donors (Lipinski definition) is 2. The fourth-order valence-electron chi connectivity index (χ4n) is 7.91. The van der Waals surface area contributed by atoms with Gasteiger partial charge in [-0.3, -0.25) is 5.32 Å². The van der Waals surface area contributed by atoms with Crippen molar-refractivity contribution in [3.63, 3.8) is 0 Å². The molecular formula is C46H35N3. The highest BCUT2D eigenvalue weighted by Gasteiger charge is 2.47. The first-order valence-electron chi connectivity index (χ1n) is 17.0. The lowest BCUT2D eigenvalue weighted by atomic mass is 9.66. The molecule has 0 spiro atoms. The number of hydrogen-bond acceptors (Lipinski definition) is 3. The molecule has 9 rings (SSSR count). The summed E-state index contributed by atoms with van der Waals surface area (Å²) in [6.45, 7) is 0. The molecule has 0 radical (unpaired) electrons. The molecule has 0 aromatic heterocycles. The zero-order chi connectivity index (χ0) is 32.6. The zero-order valence-electron chi connectivity index (χ0n) is 27.0. The van der Waals surface area contributed by atoms with Crippen LogP contribution in [0, 0.1) is 0 Å². The van der Waals surface area contributed by atoms with Gasteiger partial charge in [-0.15, -0.1) is 0 Å². The van der Waals surface area contributed by atoms with Crippen LogP contribution in [0.2, 0.25) is 0 Å². The van der Waals surface area contributed by atoms with E-state index in [4.69, 9.17) is 4.99 Å². The molecule has 234 valence electrons. The number of nitrogens with one attached hydrogen (secondary N) is 2. The lowest BCUT2D eigenvalue weighted by molar-refractivity contribution is 0.409. The van der Waals surface area contributed by atoms with Gasteiger partial charge in [0, 0.05) is 5.56 Å². The second-order valence-corrected chi connectivity index (χ2v) is 12.8. The first-order chi connectivity index (χ1) is 24.3. The molecule has 7 aromatic carbocycles. The molecule has 3 heteroatoms. The summed E-state index contributed by atoms with van der Waals surface area (Å²) in [5.74, 6) is 0.881. The molecule has 2 unspecified atom stereocenters. The first-order valence-corrected chi connectivity index (χ1v) is 17.0. The summed E-state index contributed by atoms with van der Waals surface area (Å²) in [5, 5.41) is 7.46. The average molecular weight is 630 g/mol. The van der Waals surface area contributed by atoms with E-state index in [2.05, 4.69) is 193 Å². The molecule has 2 aliphatic rings. The van der Waals surface area contributed by atoms with Crippen LogP contribution in [-0.2, 0) is 5.41 Å². The van der Waals surface area contributed by atoms with E-state index in [0.29, 0.717) is 0 Å². The van der Waals surface area contributed by atoms with Crippen LogP contribution < -0.4 is 10.6 Å². The minimum atomic E-state index is -0.481. The van der Waals surface area contributed by atoms with Gasteiger partial charge in [-0.05, 0) is 61.7 Å². The molecule has 1 aliphatic heterocycles.